The summed E-state index contributed by atoms with van der Waals surface area (Å²) >= 11 is 2.17. The fraction of sp³-hybridized carbons (Fsp3) is 0.810. The highest BCUT2D eigenvalue weighted by Gasteiger charge is 2.61. The summed E-state index contributed by atoms with van der Waals surface area (Å²) < 4.78 is 27.9. The van der Waals surface area contributed by atoms with Crippen LogP contribution in [0.1, 0.15) is 61.6 Å². The fourth-order valence-electron chi connectivity index (χ4n) is 5.16. The third kappa shape index (κ3) is 4.86. The maximum Gasteiger partial charge on any atom is 0.394 e. The average Bonchev–Trinajstić information content (AvgIpc) is 3.01. The molecule has 0 radical (unpaired) electrons. The molecule has 0 unspecified atom stereocenters. The first-order valence-electron chi connectivity index (χ1n) is 12.0. The molecule has 3 heterocycles. The van der Waals surface area contributed by atoms with Gasteiger partial charge < -0.3 is 17.7 Å². The highest BCUT2D eigenvalue weighted by Crippen LogP contribution is 2.49. The lowest BCUT2D eigenvalue weighted by Gasteiger charge is -2.51. The van der Waals surface area contributed by atoms with Crippen LogP contribution in [0, 0.1) is 10.1 Å². The normalized spacial score (nSPS) is 28.4. The number of halogens is 1. The van der Waals surface area contributed by atoms with E-state index in [-0.39, 0.29) is 37.4 Å². The molecule has 2 saturated heterocycles. The summed E-state index contributed by atoms with van der Waals surface area (Å²) in [5.41, 5.74) is -1.48. The molecule has 0 aromatic carbocycles. The van der Waals surface area contributed by atoms with Gasteiger partial charge in [0.15, 0.2) is 11.3 Å². The van der Waals surface area contributed by atoms with E-state index in [1.54, 1.807) is 0 Å². The minimum atomic E-state index is -2.89. The number of alkyl halides is 1. The first-order chi connectivity index (χ1) is 16.2. The van der Waals surface area contributed by atoms with Gasteiger partial charge in [0, 0.05) is 16.9 Å². The van der Waals surface area contributed by atoms with Crippen molar-refractivity contribution in [2.24, 2.45) is 0 Å². The summed E-state index contributed by atoms with van der Waals surface area (Å²) in [5, 5.41) is 10.3. The SMILES string of the molecule is CC(C)[Si]1(C(C)C)OC[C@H]2O[C@@H](n3ccc(=O)n([N+](=O)[O-])c3=O)[C@@H](I)[C@@H]2O[Si](C(C)C)(C(C)C)O1. The van der Waals surface area contributed by atoms with E-state index in [1.807, 2.05) is 0 Å². The van der Waals surface area contributed by atoms with E-state index in [4.69, 9.17) is 17.7 Å². The number of nitro groups is 1. The summed E-state index contributed by atoms with van der Waals surface area (Å²) in [5.74, 6) is 0. The topological polar surface area (TPSA) is 124 Å². The van der Waals surface area contributed by atoms with Gasteiger partial charge in [0.05, 0.1) is 16.6 Å². The van der Waals surface area contributed by atoms with E-state index >= 15 is 0 Å². The third-order valence-electron chi connectivity index (χ3n) is 7.02. The number of fused-ring (bicyclic) bond motifs is 1. The zero-order valence-corrected chi connectivity index (χ0v) is 25.6. The minimum absolute atomic E-state index is 0.00957. The Morgan fingerprint density at radius 3 is 2.06 bits per heavy atom. The Morgan fingerprint density at radius 1 is 1.03 bits per heavy atom. The summed E-state index contributed by atoms with van der Waals surface area (Å²) in [6.07, 6.45) is -0.575. The Hall–Kier alpha value is -0.916. The van der Waals surface area contributed by atoms with Crippen LogP contribution >= 0.6 is 22.6 Å². The molecule has 2 aliphatic rings. The highest BCUT2D eigenvalue weighted by atomic mass is 127. The average molecular weight is 642 g/mol. The summed E-state index contributed by atoms with van der Waals surface area (Å²) in [6, 6.07) is 0.995. The molecule has 14 heteroatoms. The van der Waals surface area contributed by atoms with E-state index in [2.05, 4.69) is 78.0 Å². The molecule has 2 aliphatic heterocycles. The molecular weight excluding hydrogens is 605 g/mol. The van der Waals surface area contributed by atoms with Crippen LogP contribution in [-0.4, -0.2) is 54.1 Å². The molecule has 35 heavy (non-hydrogen) atoms. The number of ether oxygens (including phenoxy) is 1. The van der Waals surface area contributed by atoms with E-state index in [0.29, 0.717) is 0 Å². The van der Waals surface area contributed by atoms with Crippen molar-refractivity contribution < 1.29 is 22.7 Å². The lowest BCUT2D eigenvalue weighted by molar-refractivity contribution is -0.549. The molecule has 4 atom stereocenters. The van der Waals surface area contributed by atoms with Crippen molar-refractivity contribution in [1.29, 1.82) is 0 Å². The van der Waals surface area contributed by atoms with Crippen LogP contribution in [0.3, 0.4) is 0 Å². The quantitative estimate of drug-likeness (QED) is 0.152. The van der Waals surface area contributed by atoms with Gasteiger partial charge in [-0.2, -0.15) is 0 Å². The number of nitrogens with zero attached hydrogens (tertiary/aromatic N) is 3. The molecule has 0 spiro atoms. The molecule has 1 aromatic heterocycles. The van der Waals surface area contributed by atoms with Gasteiger partial charge in [-0.1, -0.05) is 78.0 Å². The van der Waals surface area contributed by atoms with Crippen LogP contribution in [0.25, 0.3) is 0 Å². The van der Waals surface area contributed by atoms with E-state index in [1.165, 1.54) is 6.20 Å². The van der Waals surface area contributed by atoms with Gasteiger partial charge in [-0.25, -0.2) is 14.9 Å². The molecule has 1 aromatic rings. The molecule has 2 fully saturated rings. The van der Waals surface area contributed by atoms with E-state index in [9.17, 15) is 19.7 Å². The molecule has 0 saturated carbocycles. The number of hydrogen-bond donors (Lipinski definition) is 0. The Bertz CT molecular complexity index is 1040. The maximum atomic E-state index is 12.9. The fourth-order valence-corrected chi connectivity index (χ4v) is 17.8. The second-order valence-electron chi connectivity index (χ2n) is 10.5. The van der Waals surface area contributed by atoms with Crippen molar-refractivity contribution >= 4 is 39.7 Å². The highest BCUT2D eigenvalue weighted by molar-refractivity contribution is 14.1. The van der Waals surface area contributed by atoms with Crippen LogP contribution in [0.2, 0.25) is 22.2 Å². The van der Waals surface area contributed by atoms with Gasteiger partial charge in [-0.15, -0.1) is 0 Å². The van der Waals surface area contributed by atoms with Crippen molar-refractivity contribution in [3.63, 3.8) is 0 Å². The largest absolute Gasteiger partial charge is 0.414 e. The first kappa shape index (κ1) is 28.7. The first-order valence-corrected chi connectivity index (χ1v) is 17.2. The predicted octanol–water partition coefficient (Wildman–Crippen LogP) is 3.71. The maximum absolute atomic E-state index is 12.9. The van der Waals surface area contributed by atoms with Crippen molar-refractivity contribution in [3.05, 3.63) is 43.2 Å². The summed E-state index contributed by atoms with van der Waals surface area (Å²) in [4.78, 5) is 36.1. The van der Waals surface area contributed by atoms with Gasteiger partial charge in [0.1, 0.15) is 6.10 Å². The lowest BCUT2D eigenvalue weighted by atomic mass is 10.2. The molecule has 11 nitrogen and oxygen atoms in total. The minimum Gasteiger partial charge on any atom is -0.414 e. The standard InChI is InChI=1S/C21H36IN3O8Si2/c1-12(2)34(13(3)4)30-11-16-19(32-35(33-34,14(5)6)15(7)8)18(22)20(31-16)23-10-9-17(26)24(21(23)27)25(28)29/h9-10,12-16,18-20H,11H2,1-8H3/t16-,18+,19-,20-/m1/s1. The van der Waals surface area contributed by atoms with Gasteiger partial charge in [0.2, 0.25) is 0 Å². The molecular formula is C21H36IN3O8Si2. The Balaban J connectivity index is 2.12. The smallest absolute Gasteiger partial charge is 0.394 e. The van der Waals surface area contributed by atoms with Crippen LogP contribution in [0.4, 0.5) is 0 Å². The number of rotatable bonds is 6. The molecule has 0 N–H and O–H groups in total. The van der Waals surface area contributed by atoms with Crippen LogP contribution < -0.4 is 11.2 Å². The van der Waals surface area contributed by atoms with E-state index < -0.39 is 51.8 Å². The summed E-state index contributed by atoms with van der Waals surface area (Å²) in [7, 11) is -5.64. The zero-order chi connectivity index (χ0) is 26.5. The van der Waals surface area contributed by atoms with Gasteiger partial charge in [-0.05, 0) is 22.2 Å². The molecule has 3 rings (SSSR count). The van der Waals surface area contributed by atoms with Gasteiger partial charge >= 0.3 is 28.4 Å². The molecule has 0 aliphatic carbocycles. The van der Waals surface area contributed by atoms with Crippen LogP contribution in [0.5, 0.6) is 0 Å². The number of aromatic nitrogens is 2. The predicted molar refractivity (Wildman–Crippen MR) is 143 cm³/mol. The van der Waals surface area contributed by atoms with Gasteiger partial charge in [0.25, 0.3) is 0 Å². The molecule has 0 amide bonds. The molecule has 198 valence electrons. The monoisotopic (exact) mass is 641 g/mol. The van der Waals surface area contributed by atoms with E-state index in [0.717, 1.165) is 10.6 Å². The third-order valence-corrected chi connectivity index (χ3v) is 18.6. The Labute approximate surface area is 220 Å². The van der Waals surface area contributed by atoms with Crippen molar-refractivity contribution in [1.82, 2.24) is 9.24 Å². The van der Waals surface area contributed by atoms with Gasteiger partial charge in [-0.3, -0.25) is 9.36 Å². The van der Waals surface area contributed by atoms with Crippen LogP contribution in [-0.2, 0) is 17.7 Å². The van der Waals surface area contributed by atoms with Crippen molar-refractivity contribution in [2.75, 3.05) is 6.61 Å². The number of hydrogen-bond acceptors (Lipinski definition) is 8. The summed E-state index contributed by atoms with van der Waals surface area (Å²) in [6.45, 7) is 17.2. The lowest BCUT2D eigenvalue weighted by Crippen LogP contribution is -2.65. The zero-order valence-electron chi connectivity index (χ0n) is 21.5. The Kier molecular flexibility index (Phi) is 8.56. The second kappa shape index (κ2) is 10.5. The second-order valence-corrected chi connectivity index (χ2v) is 20.7. The van der Waals surface area contributed by atoms with Crippen LogP contribution in [0.15, 0.2) is 21.9 Å². The van der Waals surface area contributed by atoms with Crippen molar-refractivity contribution in [3.8, 4) is 0 Å². The van der Waals surface area contributed by atoms with Crippen molar-refractivity contribution in [2.45, 2.75) is 99.9 Å². The molecule has 0 bridgehead atoms. The Morgan fingerprint density at radius 2 is 1.57 bits per heavy atom.